The van der Waals surface area contributed by atoms with Crippen molar-refractivity contribution in [1.82, 2.24) is 10.3 Å². The Bertz CT molecular complexity index is 524. The molecule has 2 unspecified atom stereocenters. The van der Waals surface area contributed by atoms with Crippen molar-refractivity contribution in [3.8, 4) is 0 Å². The Kier molecular flexibility index (Phi) is 4.91. The van der Waals surface area contributed by atoms with Gasteiger partial charge in [0.2, 0.25) is 0 Å². The highest BCUT2D eigenvalue weighted by atomic mass is 32.1. The van der Waals surface area contributed by atoms with Gasteiger partial charge in [-0.15, -0.1) is 11.3 Å². The third kappa shape index (κ3) is 4.00. The fourth-order valence-electron chi connectivity index (χ4n) is 2.16. The Labute approximate surface area is 118 Å². The van der Waals surface area contributed by atoms with Crippen LogP contribution in [0.15, 0.2) is 23.7 Å². The molecule has 2 N–H and O–H groups in total. The summed E-state index contributed by atoms with van der Waals surface area (Å²) in [4.78, 5) is 4.45. The molecule has 104 valence electrons. The maximum absolute atomic E-state index is 9.88. The number of hydrogen-bond donors (Lipinski definition) is 2. The largest absolute Gasteiger partial charge is 0.392 e. The normalized spacial score (nSPS) is 15.0. The van der Waals surface area contributed by atoms with E-state index in [9.17, 15) is 5.11 Å². The van der Waals surface area contributed by atoms with Crippen LogP contribution in [0.25, 0.3) is 10.2 Å². The fraction of sp³-hybridized carbons (Fsp3) is 0.533. The number of aliphatic hydroxyl groups excluding tert-OH is 1. The third-order valence-electron chi connectivity index (χ3n) is 3.23. The molecule has 3 nitrogen and oxygen atoms in total. The zero-order valence-electron chi connectivity index (χ0n) is 11.8. The summed E-state index contributed by atoms with van der Waals surface area (Å²) in [5.41, 5.74) is 2.23. The number of aromatic nitrogens is 1. The number of rotatable bonds is 6. The van der Waals surface area contributed by atoms with Crippen molar-refractivity contribution in [3.05, 3.63) is 29.3 Å². The van der Waals surface area contributed by atoms with E-state index in [1.54, 1.807) is 11.3 Å². The average Bonchev–Trinajstić information content (AvgIpc) is 2.82. The van der Waals surface area contributed by atoms with Gasteiger partial charge < -0.3 is 10.4 Å². The van der Waals surface area contributed by atoms with Crippen LogP contribution in [0, 0.1) is 5.92 Å². The highest BCUT2D eigenvalue weighted by Crippen LogP contribution is 2.22. The SMILES string of the molecule is CC(C)CC(O)CNC(C)c1cnc2ccsc2c1. The highest BCUT2D eigenvalue weighted by Gasteiger charge is 2.11. The second-order valence-corrected chi connectivity index (χ2v) is 6.43. The van der Waals surface area contributed by atoms with E-state index in [-0.39, 0.29) is 12.1 Å². The van der Waals surface area contributed by atoms with Crippen LogP contribution in [0.3, 0.4) is 0 Å². The molecule has 0 fully saturated rings. The number of aliphatic hydroxyl groups is 1. The number of thiophene rings is 1. The second-order valence-electron chi connectivity index (χ2n) is 5.49. The fourth-order valence-corrected chi connectivity index (χ4v) is 2.95. The molecule has 2 aromatic heterocycles. The molecule has 0 saturated heterocycles. The molecular weight excluding hydrogens is 256 g/mol. The molecule has 2 rings (SSSR count). The minimum absolute atomic E-state index is 0.209. The van der Waals surface area contributed by atoms with Gasteiger partial charge in [0.1, 0.15) is 0 Å². The van der Waals surface area contributed by atoms with Gasteiger partial charge in [-0.3, -0.25) is 4.98 Å². The molecule has 0 spiro atoms. The number of fused-ring (bicyclic) bond motifs is 1. The van der Waals surface area contributed by atoms with E-state index in [0.29, 0.717) is 12.5 Å². The molecule has 0 bridgehead atoms. The quantitative estimate of drug-likeness (QED) is 0.851. The average molecular weight is 278 g/mol. The van der Waals surface area contributed by atoms with E-state index in [1.807, 2.05) is 12.3 Å². The summed E-state index contributed by atoms with van der Waals surface area (Å²) < 4.78 is 1.22. The van der Waals surface area contributed by atoms with Crippen molar-refractivity contribution in [2.24, 2.45) is 5.92 Å². The Morgan fingerprint density at radius 3 is 2.89 bits per heavy atom. The zero-order valence-corrected chi connectivity index (χ0v) is 12.6. The van der Waals surface area contributed by atoms with Crippen LogP contribution in [0.1, 0.15) is 38.8 Å². The van der Waals surface area contributed by atoms with Crippen LogP contribution >= 0.6 is 11.3 Å². The molecule has 0 aromatic carbocycles. The van der Waals surface area contributed by atoms with E-state index in [0.717, 1.165) is 11.9 Å². The topological polar surface area (TPSA) is 45.1 Å². The lowest BCUT2D eigenvalue weighted by Crippen LogP contribution is -2.30. The van der Waals surface area contributed by atoms with Crippen molar-refractivity contribution >= 4 is 21.6 Å². The van der Waals surface area contributed by atoms with Gasteiger partial charge in [0.05, 0.1) is 16.3 Å². The number of hydrogen-bond acceptors (Lipinski definition) is 4. The van der Waals surface area contributed by atoms with Gasteiger partial charge in [0.15, 0.2) is 0 Å². The van der Waals surface area contributed by atoms with E-state index in [4.69, 9.17) is 0 Å². The molecular formula is C15H22N2OS. The Hall–Kier alpha value is -0.970. The van der Waals surface area contributed by atoms with Gasteiger partial charge in [0.25, 0.3) is 0 Å². The summed E-state index contributed by atoms with van der Waals surface area (Å²) in [6.45, 7) is 6.99. The molecule has 2 atom stereocenters. The van der Waals surface area contributed by atoms with Crippen LogP contribution in [0.4, 0.5) is 0 Å². The zero-order chi connectivity index (χ0) is 13.8. The molecule has 19 heavy (non-hydrogen) atoms. The van der Waals surface area contributed by atoms with Crippen molar-refractivity contribution in [2.75, 3.05) is 6.54 Å². The molecule has 0 aliphatic heterocycles. The summed E-state index contributed by atoms with van der Waals surface area (Å²) in [6.07, 6.45) is 2.48. The smallest absolute Gasteiger partial charge is 0.0809 e. The Morgan fingerprint density at radius 1 is 1.37 bits per heavy atom. The lowest BCUT2D eigenvalue weighted by molar-refractivity contribution is 0.143. The van der Waals surface area contributed by atoms with E-state index >= 15 is 0 Å². The van der Waals surface area contributed by atoms with Gasteiger partial charge in [-0.05, 0) is 42.3 Å². The maximum atomic E-state index is 9.88. The maximum Gasteiger partial charge on any atom is 0.0809 e. The van der Waals surface area contributed by atoms with E-state index in [2.05, 4.69) is 42.5 Å². The summed E-state index contributed by atoms with van der Waals surface area (Å²) in [6, 6.07) is 4.43. The predicted octanol–water partition coefficient (Wildman–Crippen LogP) is 3.35. The Balaban J connectivity index is 1.93. The first-order valence-corrected chi connectivity index (χ1v) is 7.69. The molecule has 0 amide bonds. The van der Waals surface area contributed by atoms with Crippen molar-refractivity contribution in [2.45, 2.75) is 39.3 Å². The third-order valence-corrected chi connectivity index (χ3v) is 4.08. The minimum Gasteiger partial charge on any atom is -0.392 e. The first kappa shape index (κ1) is 14.4. The van der Waals surface area contributed by atoms with Crippen LogP contribution in [-0.4, -0.2) is 22.7 Å². The molecule has 0 aliphatic rings. The first-order chi connectivity index (χ1) is 9.06. The van der Waals surface area contributed by atoms with Crippen molar-refractivity contribution in [1.29, 1.82) is 0 Å². The molecule has 2 aromatic rings. The molecule has 0 aliphatic carbocycles. The monoisotopic (exact) mass is 278 g/mol. The summed E-state index contributed by atoms with van der Waals surface area (Å²) >= 11 is 1.71. The summed E-state index contributed by atoms with van der Waals surface area (Å²) in [7, 11) is 0. The predicted molar refractivity (Wildman–Crippen MR) is 81.5 cm³/mol. The number of nitrogens with one attached hydrogen (secondary N) is 1. The van der Waals surface area contributed by atoms with Gasteiger partial charge >= 0.3 is 0 Å². The summed E-state index contributed by atoms with van der Waals surface area (Å²) in [5, 5.41) is 15.3. The van der Waals surface area contributed by atoms with E-state index in [1.165, 1.54) is 10.3 Å². The van der Waals surface area contributed by atoms with Crippen LogP contribution < -0.4 is 5.32 Å². The van der Waals surface area contributed by atoms with Gasteiger partial charge in [0, 0.05) is 18.8 Å². The van der Waals surface area contributed by atoms with E-state index < -0.39 is 0 Å². The van der Waals surface area contributed by atoms with Crippen molar-refractivity contribution < 1.29 is 5.11 Å². The number of pyridine rings is 1. The van der Waals surface area contributed by atoms with Gasteiger partial charge in [-0.2, -0.15) is 0 Å². The Morgan fingerprint density at radius 2 is 2.16 bits per heavy atom. The lowest BCUT2D eigenvalue weighted by atomic mass is 10.1. The minimum atomic E-state index is -0.277. The van der Waals surface area contributed by atoms with Crippen molar-refractivity contribution in [3.63, 3.8) is 0 Å². The molecule has 0 radical (unpaired) electrons. The van der Waals surface area contributed by atoms with Gasteiger partial charge in [-0.1, -0.05) is 13.8 Å². The number of nitrogens with zero attached hydrogens (tertiary/aromatic N) is 1. The molecule has 0 saturated carbocycles. The van der Waals surface area contributed by atoms with Crippen LogP contribution in [0.5, 0.6) is 0 Å². The van der Waals surface area contributed by atoms with Crippen LogP contribution in [-0.2, 0) is 0 Å². The summed E-state index contributed by atoms with van der Waals surface area (Å²) in [5.74, 6) is 0.524. The van der Waals surface area contributed by atoms with Crippen LogP contribution in [0.2, 0.25) is 0 Å². The highest BCUT2D eigenvalue weighted by molar-refractivity contribution is 7.17. The standard InChI is InChI=1S/C15H22N2OS/c1-10(2)6-13(18)9-16-11(3)12-7-15-14(17-8-12)4-5-19-15/h4-5,7-8,10-11,13,16,18H,6,9H2,1-3H3. The molecule has 2 heterocycles. The molecule has 4 heteroatoms. The lowest BCUT2D eigenvalue weighted by Gasteiger charge is -2.18. The first-order valence-electron chi connectivity index (χ1n) is 6.81. The second kappa shape index (κ2) is 6.46. The van der Waals surface area contributed by atoms with Gasteiger partial charge in [-0.25, -0.2) is 0 Å².